The van der Waals surface area contributed by atoms with Gasteiger partial charge in [-0.2, -0.15) is 0 Å². The lowest BCUT2D eigenvalue weighted by atomic mass is 9.74. The number of carbonyl (C=O) groups excluding carboxylic acids is 1. The maximum absolute atomic E-state index is 13.4. The first-order valence-corrected chi connectivity index (χ1v) is 11.2. The number of methoxy groups -OCH3 is 1. The quantitative estimate of drug-likeness (QED) is 0.573. The van der Waals surface area contributed by atoms with Crippen LogP contribution in [0.3, 0.4) is 0 Å². The van der Waals surface area contributed by atoms with Crippen LogP contribution in [-0.4, -0.2) is 37.8 Å². The van der Waals surface area contributed by atoms with Crippen molar-refractivity contribution < 1.29 is 14.3 Å². The summed E-state index contributed by atoms with van der Waals surface area (Å²) in [5.74, 6) is 0.973. The van der Waals surface area contributed by atoms with Crippen LogP contribution in [0.2, 0.25) is 0 Å². The fourth-order valence-electron chi connectivity index (χ4n) is 4.45. The normalized spacial score (nSPS) is 15.2. The molecule has 0 aliphatic carbocycles. The molecule has 0 unspecified atom stereocenters. The molecule has 0 radical (unpaired) electrons. The van der Waals surface area contributed by atoms with E-state index in [4.69, 9.17) is 9.47 Å². The van der Waals surface area contributed by atoms with E-state index in [9.17, 15) is 4.79 Å². The summed E-state index contributed by atoms with van der Waals surface area (Å²) in [4.78, 5) is 17.5. The summed E-state index contributed by atoms with van der Waals surface area (Å²) < 4.78 is 11.0. The number of nitrogens with one attached hydrogen (secondary N) is 1. The van der Waals surface area contributed by atoms with Gasteiger partial charge in [0.2, 0.25) is 5.91 Å². The molecule has 1 amide bonds. The lowest BCUT2D eigenvalue weighted by molar-refractivity contribution is -0.136. The second-order valence-electron chi connectivity index (χ2n) is 8.32. The molecule has 2 aromatic carbocycles. The molecule has 1 aromatic heterocycles. The van der Waals surface area contributed by atoms with Crippen LogP contribution in [0.4, 0.5) is 0 Å². The molecule has 5 heteroatoms. The molecule has 3 aromatic rings. The van der Waals surface area contributed by atoms with Gasteiger partial charge >= 0.3 is 0 Å². The number of pyridine rings is 1. The first kappa shape index (κ1) is 22.0. The number of carbonyl (C=O) groups is 1. The summed E-state index contributed by atoms with van der Waals surface area (Å²) in [7, 11) is 1.68. The highest BCUT2D eigenvalue weighted by Crippen LogP contribution is 2.35. The molecule has 0 atom stereocenters. The topological polar surface area (TPSA) is 60.5 Å². The van der Waals surface area contributed by atoms with Crippen molar-refractivity contribution in [3.05, 3.63) is 84.2 Å². The third kappa shape index (κ3) is 5.17. The van der Waals surface area contributed by atoms with Crippen LogP contribution in [-0.2, 0) is 22.4 Å². The van der Waals surface area contributed by atoms with Gasteiger partial charge in [-0.15, -0.1) is 0 Å². The van der Waals surface area contributed by atoms with Gasteiger partial charge in [0.15, 0.2) is 0 Å². The number of hydrogen-bond acceptors (Lipinski definition) is 4. The van der Waals surface area contributed by atoms with E-state index in [1.807, 2.05) is 36.4 Å². The van der Waals surface area contributed by atoms with Gasteiger partial charge in [-0.3, -0.25) is 9.78 Å². The Kier molecular flexibility index (Phi) is 7.17. The Bertz CT molecular complexity index is 1030. The summed E-state index contributed by atoms with van der Waals surface area (Å²) in [5.41, 5.74) is 4.09. The first-order valence-electron chi connectivity index (χ1n) is 11.2. The van der Waals surface area contributed by atoms with Crippen LogP contribution in [0.1, 0.15) is 24.0 Å². The molecule has 1 aliphatic rings. The van der Waals surface area contributed by atoms with E-state index in [0.717, 1.165) is 41.7 Å². The molecule has 2 heterocycles. The fraction of sp³-hybridized carbons (Fsp3) is 0.333. The number of aromatic nitrogens is 1. The Morgan fingerprint density at radius 2 is 1.81 bits per heavy atom. The number of para-hydroxylation sites is 1. The smallest absolute Gasteiger partial charge is 0.226 e. The third-order valence-electron chi connectivity index (χ3n) is 6.29. The number of benzene rings is 2. The van der Waals surface area contributed by atoms with Crippen LogP contribution in [0, 0.1) is 5.41 Å². The lowest BCUT2D eigenvalue weighted by Gasteiger charge is -2.36. The van der Waals surface area contributed by atoms with E-state index in [1.54, 1.807) is 19.5 Å². The predicted molar refractivity (Wildman–Crippen MR) is 126 cm³/mol. The van der Waals surface area contributed by atoms with Gasteiger partial charge in [0.05, 0.1) is 12.5 Å². The van der Waals surface area contributed by atoms with Crippen molar-refractivity contribution >= 4 is 5.91 Å². The zero-order chi connectivity index (χ0) is 22.2. The Morgan fingerprint density at radius 3 is 2.59 bits per heavy atom. The van der Waals surface area contributed by atoms with E-state index in [2.05, 4.69) is 34.6 Å². The molecule has 32 heavy (non-hydrogen) atoms. The first-order chi connectivity index (χ1) is 15.7. The Morgan fingerprint density at radius 1 is 1.03 bits per heavy atom. The fourth-order valence-corrected chi connectivity index (χ4v) is 4.45. The SMILES string of the molecule is COc1ccccc1CCNC(=O)C1(Cc2cccc(-c3ccncc3)c2)CCOCC1. The standard InChI is InChI=1S/C27H30N2O3/c1-31-25-8-3-2-6-23(25)11-16-29-26(30)27(12-17-32-18-13-27)20-21-5-4-7-24(19-21)22-9-14-28-15-10-22/h2-10,14-15,19H,11-13,16-18,20H2,1H3,(H,29,30). The monoisotopic (exact) mass is 430 g/mol. The van der Waals surface area contributed by atoms with Crippen LogP contribution >= 0.6 is 0 Å². The number of rotatable bonds is 8. The Hall–Kier alpha value is -3.18. The molecule has 166 valence electrons. The van der Waals surface area contributed by atoms with Crippen molar-refractivity contribution in [3.63, 3.8) is 0 Å². The molecule has 0 spiro atoms. The minimum Gasteiger partial charge on any atom is -0.496 e. The number of amides is 1. The zero-order valence-corrected chi connectivity index (χ0v) is 18.5. The minimum atomic E-state index is -0.449. The van der Waals surface area contributed by atoms with E-state index >= 15 is 0 Å². The average molecular weight is 431 g/mol. The summed E-state index contributed by atoms with van der Waals surface area (Å²) in [6, 6.07) is 20.4. The van der Waals surface area contributed by atoms with Crippen molar-refractivity contribution in [3.8, 4) is 16.9 Å². The van der Waals surface area contributed by atoms with E-state index in [-0.39, 0.29) is 5.91 Å². The van der Waals surface area contributed by atoms with Crippen molar-refractivity contribution in [1.82, 2.24) is 10.3 Å². The van der Waals surface area contributed by atoms with Gasteiger partial charge in [0, 0.05) is 32.2 Å². The van der Waals surface area contributed by atoms with Crippen molar-refractivity contribution in [2.24, 2.45) is 5.41 Å². The van der Waals surface area contributed by atoms with Gasteiger partial charge in [-0.25, -0.2) is 0 Å². The Labute approximate surface area is 189 Å². The molecule has 1 fully saturated rings. The molecule has 1 N–H and O–H groups in total. The number of ether oxygens (including phenoxy) is 2. The van der Waals surface area contributed by atoms with Crippen molar-refractivity contribution in [1.29, 1.82) is 0 Å². The number of hydrogen-bond donors (Lipinski definition) is 1. The highest BCUT2D eigenvalue weighted by molar-refractivity contribution is 5.83. The molecule has 5 nitrogen and oxygen atoms in total. The summed E-state index contributed by atoms with van der Waals surface area (Å²) in [5, 5.41) is 3.20. The van der Waals surface area contributed by atoms with E-state index < -0.39 is 5.41 Å². The molecule has 1 aliphatic heterocycles. The third-order valence-corrected chi connectivity index (χ3v) is 6.29. The van der Waals surface area contributed by atoms with Crippen LogP contribution < -0.4 is 10.1 Å². The van der Waals surface area contributed by atoms with Gasteiger partial charge in [-0.05, 0) is 66.1 Å². The maximum atomic E-state index is 13.4. The van der Waals surface area contributed by atoms with E-state index in [0.29, 0.717) is 26.2 Å². The van der Waals surface area contributed by atoms with E-state index in [1.165, 1.54) is 5.56 Å². The second kappa shape index (κ2) is 10.4. The highest BCUT2D eigenvalue weighted by Gasteiger charge is 2.40. The summed E-state index contributed by atoms with van der Waals surface area (Å²) in [6.45, 7) is 1.81. The molecule has 1 saturated heterocycles. The highest BCUT2D eigenvalue weighted by atomic mass is 16.5. The largest absolute Gasteiger partial charge is 0.496 e. The molecule has 0 bridgehead atoms. The van der Waals surface area contributed by atoms with Crippen LogP contribution in [0.5, 0.6) is 5.75 Å². The van der Waals surface area contributed by atoms with Crippen LogP contribution in [0.15, 0.2) is 73.1 Å². The number of nitrogens with zero attached hydrogens (tertiary/aromatic N) is 1. The van der Waals surface area contributed by atoms with Gasteiger partial charge in [0.25, 0.3) is 0 Å². The average Bonchev–Trinajstić information content (AvgIpc) is 2.85. The van der Waals surface area contributed by atoms with Crippen molar-refractivity contribution in [2.75, 3.05) is 26.9 Å². The van der Waals surface area contributed by atoms with Gasteiger partial charge < -0.3 is 14.8 Å². The van der Waals surface area contributed by atoms with Gasteiger partial charge in [0.1, 0.15) is 5.75 Å². The maximum Gasteiger partial charge on any atom is 0.226 e. The van der Waals surface area contributed by atoms with Gasteiger partial charge in [-0.1, -0.05) is 42.5 Å². The zero-order valence-electron chi connectivity index (χ0n) is 18.5. The molecular formula is C27H30N2O3. The Balaban J connectivity index is 1.47. The molecule has 4 rings (SSSR count). The minimum absolute atomic E-state index is 0.116. The summed E-state index contributed by atoms with van der Waals surface area (Å²) in [6.07, 6.45) is 6.50. The predicted octanol–water partition coefficient (Wildman–Crippen LogP) is 4.46. The van der Waals surface area contributed by atoms with Crippen molar-refractivity contribution in [2.45, 2.75) is 25.7 Å². The molecular weight excluding hydrogens is 400 g/mol. The van der Waals surface area contributed by atoms with Crippen LogP contribution in [0.25, 0.3) is 11.1 Å². The molecule has 0 saturated carbocycles. The lowest BCUT2D eigenvalue weighted by Crippen LogP contribution is -2.46. The second-order valence-corrected chi connectivity index (χ2v) is 8.32. The summed E-state index contributed by atoms with van der Waals surface area (Å²) >= 11 is 0.